The second kappa shape index (κ2) is 6.00. The van der Waals surface area contributed by atoms with E-state index in [1.807, 2.05) is 0 Å². The predicted molar refractivity (Wildman–Crippen MR) is 73.2 cm³/mol. The van der Waals surface area contributed by atoms with Gasteiger partial charge in [-0.2, -0.15) is 0 Å². The maximum atomic E-state index is 13.2. The summed E-state index contributed by atoms with van der Waals surface area (Å²) >= 11 is 5.85. The van der Waals surface area contributed by atoms with E-state index in [0.717, 1.165) is 24.6 Å². The third-order valence-corrected chi connectivity index (χ3v) is 3.88. The molecule has 2 rings (SSSR count). The summed E-state index contributed by atoms with van der Waals surface area (Å²) in [6.07, 6.45) is 2.63. The van der Waals surface area contributed by atoms with Gasteiger partial charge in [-0.25, -0.2) is 4.39 Å². The summed E-state index contributed by atoms with van der Waals surface area (Å²) in [5.41, 5.74) is 6.89. The fraction of sp³-hybridized carbons (Fsp3) is 0.571. The van der Waals surface area contributed by atoms with Gasteiger partial charge in [0.25, 0.3) is 0 Å². The van der Waals surface area contributed by atoms with Crippen molar-refractivity contribution < 1.29 is 4.39 Å². The van der Waals surface area contributed by atoms with E-state index in [1.54, 1.807) is 12.1 Å². The zero-order valence-electron chi connectivity index (χ0n) is 10.7. The number of halogens is 2. The first kappa shape index (κ1) is 13.8. The average Bonchev–Trinajstić information content (AvgIpc) is 3.17. The zero-order chi connectivity index (χ0) is 13.1. The maximum absolute atomic E-state index is 13.2. The maximum Gasteiger partial charge on any atom is 0.141 e. The van der Waals surface area contributed by atoms with Gasteiger partial charge >= 0.3 is 0 Å². The van der Waals surface area contributed by atoms with Gasteiger partial charge < -0.3 is 5.73 Å². The molecule has 1 aromatic rings. The molecule has 1 aliphatic rings. The number of likely N-dealkylation sites (N-methyl/N-ethyl adjacent to an activating group) is 1. The molecular formula is C14H20ClFN2. The van der Waals surface area contributed by atoms with Crippen LogP contribution < -0.4 is 5.73 Å². The fourth-order valence-electron chi connectivity index (χ4n) is 2.32. The molecule has 1 aromatic carbocycles. The minimum atomic E-state index is -0.374. The molecule has 1 saturated carbocycles. The molecule has 100 valence electrons. The number of benzene rings is 1. The Balaban J connectivity index is 2.16. The van der Waals surface area contributed by atoms with Crippen LogP contribution in [0.25, 0.3) is 0 Å². The van der Waals surface area contributed by atoms with Gasteiger partial charge in [0.1, 0.15) is 5.82 Å². The molecular weight excluding hydrogens is 251 g/mol. The Morgan fingerprint density at radius 3 is 2.72 bits per heavy atom. The van der Waals surface area contributed by atoms with Gasteiger partial charge in [-0.15, -0.1) is 0 Å². The molecule has 0 heterocycles. The normalized spacial score (nSPS) is 17.2. The van der Waals surface area contributed by atoms with E-state index in [1.165, 1.54) is 18.9 Å². The van der Waals surface area contributed by atoms with Crippen LogP contribution in [-0.4, -0.2) is 24.5 Å². The summed E-state index contributed by atoms with van der Waals surface area (Å²) in [4.78, 5) is 2.36. The molecule has 4 heteroatoms. The Morgan fingerprint density at radius 2 is 2.22 bits per heavy atom. The van der Waals surface area contributed by atoms with Crippen LogP contribution in [0.2, 0.25) is 5.02 Å². The number of nitrogens with two attached hydrogens (primary N) is 1. The first-order chi connectivity index (χ1) is 8.65. The van der Waals surface area contributed by atoms with Crippen molar-refractivity contribution in [3.05, 3.63) is 34.6 Å². The van der Waals surface area contributed by atoms with Gasteiger partial charge in [0.05, 0.1) is 5.02 Å². The second-order valence-electron chi connectivity index (χ2n) is 4.96. The molecule has 1 unspecified atom stereocenters. The van der Waals surface area contributed by atoms with E-state index < -0.39 is 0 Å². The summed E-state index contributed by atoms with van der Waals surface area (Å²) in [6.45, 7) is 4.69. The van der Waals surface area contributed by atoms with Crippen LogP contribution in [0.3, 0.4) is 0 Å². The third kappa shape index (κ3) is 3.22. The van der Waals surface area contributed by atoms with Gasteiger partial charge in [0, 0.05) is 19.1 Å². The molecule has 0 bridgehead atoms. The summed E-state index contributed by atoms with van der Waals surface area (Å²) < 4.78 is 13.2. The lowest BCUT2D eigenvalue weighted by atomic mass is 10.0. The molecule has 18 heavy (non-hydrogen) atoms. The molecule has 1 fully saturated rings. The van der Waals surface area contributed by atoms with Gasteiger partial charge in [0.2, 0.25) is 0 Å². The van der Waals surface area contributed by atoms with Crippen molar-refractivity contribution in [3.63, 3.8) is 0 Å². The van der Waals surface area contributed by atoms with E-state index >= 15 is 0 Å². The Kier molecular flexibility index (Phi) is 4.60. The molecule has 0 spiro atoms. The SMILES string of the molecule is CCN(CC1CC1)C(CN)c1ccc(F)c(Cl)c1. The van der Waals surface area contributed by atoms with E-state index in [2.05, 4.69) is 11.8 Å². The number of nitrogens with zero attached hydrogens (tertiary/aromatic N) is 1. The Bertz CT molecular complexity index is 407. The topological polar surface area (TPSA) is 29.3 Å². The van der Waals surface area contributed by atoms with Gasteiger partial charge in [-0.05, 0) is 43.0 Å². The highest BCUT2D eigenvalue weighted by atomic mass is 35.5. The van der Waals surface area contributed by atoms with Crippen LogP contribution in [-0.2, 0) is 0 Å². The standard InChI is InChI=1S/C14H20ClFN2/c1-2-18(9-10-3-4-10)14(8-17)11-5-6-13(16)12(15)7-11/h5-7,10,14H,2-4,8-9,17H2,1H3. The molecule has 0 radical (unpaired) electrons. The summed E-state index contributed by atoms with van der Waals surface area (Å²) in [5, 5.41) is 0.174. The highest BCUT2D eigenvalue weighted by molar-refractivity contribution is 6.30. The van der Waals surface area contributed by atoms with E-state index in [4.69, 9.17) is 17.3 Å². The third-order valence-electron chi connectivity index (χ3n) is 3.59. The lowest BCUT2D eigenvalue weighted by molar-refractivity contribution is 0.203. The molecule has 2 nitrogen and oxygen atoms in total. The van der Waals surface area contributed by atoms with Crippen molar-refractivity contribution in [2.45, 2.75) is 25.8 Å². The first-order valence-corrected chi connectivity index (χ1v) is 6.92. The van der Waals surface area contributed by atoms with Crippen LogP contribution in [0.5, 0.6) is 0 Å². The summed E-state index contributed by atoms with van der Waals surface area (Å²) in [5.74, 6) is 0.441. The molecule has 0 aromatic heterocycles. The van der Waals surface area contributed by atoms with E-state index in [0.29, 0.717) is 6.54 Å². The minimum absolute atomic E-state index is 0.133. The molecule has 0 amide bonds. The summed E-state index contributed by atoms with van der Waals surface area (Å²) in [7, 11) is 0. The predicted octanol–water partition coefficient (Wildman–Crippen LogP) is 3.21. The first-order valence-electron chi connectivity index (χ1n) is 6.54. The van der Waals surface area contributed by atoms with Gasteiger partial charge in [-0.3, -0.25) is 4.90 Å². The Labute approximate surface area is 113 Å². The molecule has 0 aliphatic heterocycles. The van der Waals surface area contributed by atoms with E-state index in [9.17, 15) is 4.39 Å². The molecule has 1 aliphatic carbocycles. The Hall–Kier alpha value is -0.640. The van der Waals surface area contributed by atoms with Crippen LogP contribution in [0, 0.1) is 11.7 Å². The van der Waals surface area contributed by atoms with Crippen LogP contribution >= 0.6 is 11.6 Å². The van der Waals surface area contributed by atoms with Crippen LogP contribution in [0.1, 0.15) is 31.4 Å². The van der Waals surface area contributed by atoms with Crippen molar-refractivity contribution in [2.24, 2.45) is 11.7 Å². The van der Waals surface area contributed by atoms with Crippen molar-refractivity contribution in [3.8, 4) is 0 Å². The molecule has 0 saturated heterocycles. The van der Waals surface area contributed by atoms with Gasteiger partial charge in [-0.1, -0.05) is 24.6 Å². The number of rotatable bonds is 6. The zero-order valence-corrected chi connectivity index (χ0v) is 11.5. The quantitative estimate of drug-likeness (QED) is 0.860. The van der Waals surface area contributed by atoms with Crippen molar-refractivity contribution in [2.75, 3.05) is 19.6 Å². The van der Waals surface area contributed by atoms with Crippen LogP contribution in [0.4, 0.5) is 4.39 Å². The number of hydrogen-bond acceptors (Lipinski definition) is 2. The van der Waals surface area contributed by atoms with Gasteiger partial charge in [0.15, 0.2) is 0 Å². The largest absolute Gasteiger partial charge is 0.329 e. The minimum Gasteiger partial charge on any atom is -0.329 e. The van der Waals surface area contributed by atoms with Crippen molar-refractivity contribution >= 4 is 11.6 Å². The summed E-state index contributed by atoms with van der Waals surface area (Å²) in [6, 6.07) is 5.04. The number of hydrogen-bond donors (Lipinski definition) is 1. The average molecular weight is 271 g/mol. The molecule has 2 N–H and O–H groups in total. The van der Waals surface area contributed by atoms with Crippen molar-refractivity contribution in [1.82, 2.24) is 4.90 Å². The lowest BCUT2D eigenvalue weighted by Gasteiger charge is -2.30. The van der Waals surface area contributed by atoms with E-state index in [-0.39, 0.29) is 16.9 Å². The highest BCUT2D eigenvalue weighted by Gasteiger charge is 2.27. The second-order valence-corrected chi connectivity index (χ2v) is 5.36. The Morgan fingerprint density at radius 1 is 1.50 bits per heavy atom. The van der Waals surface area contributed by atoms with Crippen LogP contribution in [0.15, 0.2) is 18.2 Å². The fourth-order valence-corrected chi connectivity index (χ4v) is 2.51. The monoisotopic (exact) mass is 270 g/mol. The highest BCUT2D eigenvalue weighted by Crippen LogP contribution is 2.33. The van der Waals surface area contributed by atoms with Crippen molar-refractivity contribution in [1.29, 1.82) is 0 Å². The molecule has 1 atom stereocenters. The smallest absolute Gasteiger partial charge is 0.141 e. The lowest BCUT2D eigenvalue weighted by Crippen LogP contribution is -2.35.